The molecule has 3 heteroatoms. The summed E-state index contributed by atoms with van der Waals surface area (Å²) >= 11 is 0. The Morgan fingerprint density at radius 1 is 0.682 bits per heavy atom. The number of carbonyl (C=O) groups excluding carboxylic acids is 1. The molecule has 0 amide bonds. The largest absolute Gasteiger partial charge is 0.508 e. The Hall–Kier alpha value is -2.94. The van der Waals surface area contributed by atoms with Crippen LogP contribution < -0.4 is 0 Å². The van der Waals surface area contributed by atoms with E-state index in [9.17, 15) is 14.3 Å². The lowest BCUT2D eigenvalue weighted by Gasteiger charge is -2.05. The summed E-state index contributed by atoms with van der Waals surface area (Å²) in [5.41, 5.74) is 2.92. The van der Waals surface area contributed by atoms with E-state index < -0.39 is 0 Å². The Labute approximate surface area is 127 Å². The molecule has 0 saturated heterocycles. The molecular weight excluding hydrogens is 279 g/mol. The average Bonchev–Trinajstić information content (AvgIpc) is 2.56. The predicted octanol–water partition coefficient (Wildman–Crippen LogP) is 4.43. The first-order valence-electron chi connectivity index (χ1n) is 6.83. The SMILES string of the molecule is O=C(c1ccc(F)cc1)c1ccc(-c2ccc(O)cc2)cc1. The van der Waals surface area contributed by atoms with Crippen molar-refractivity contribution in [2.24, 2.45) is 0 Å². The number of aromatic hydroxyl groups is 1. The quantitative estimate of drug-likeness (QED) is 0.725. The number of rotatable bonds is 3. The van der Waals surface area contributed by atoms with Crippen molar-refractivity contribution in [3.63, 3.8) is 0 Å². The zero-order valence-electron chi connectivity index (χ0n) is 11.7. The van der Waals surface area contributed by atoms with Gasteiger partial charge < -0.3 is 5.11 Å². The standard InChI is InChI=1S/C19H13FO2/c20-17-9-5-16(6-10-17)19(22)15-3-1-13(2-4-15)14-7-11-18(21)12-8-14/h1-12,21H. The normalized spacial score (nSPS) is 10.4. The molecule has 0 fully saturated rings. The Kier molecular flexibility index (Phi) is 3.71. The van der Waals surface area contributed by atoms with Gasteiger partial charge in [-0.25, -0.2) is 4.39 Å². The zero-order chi connectivity index (χ0) is 15.5. The van der Waals surface area contributed by atoms with E-state index in [-0.39, 0.29) is 17.3 Å². The zero-order valence-corrected chi connectivity index (χ0v) is 11.7. The molecule has 0 bridgehead atoms. The fraction of sp³-hybridized carbons (Fsp3) is 0. The van der Waals surface area contributed by atoms with Crippen molar-refractivity contribution >= 4 is 5.78 Å². The molecule has 108 valence electrons. The molecule has 1 N–H and O–H groups in total. The van der Waals surface area contributed by atoms with Gasteiger partial charge in [0, 0.05) is 11.1 Å². The summed E-state index contributed by atoms with van der Waals surface area (Å²) in [6, 6.07) is 19.6. The van der Waals surface area contributed by atoms with E-state index in [1.54, 1.807) is 24.3 Å². The fourth-order valence-corrected chi connectivity index (χ4v) is 2.24. The second-order valence-corrected chi connectivity index (χ2v) is 4.96. The second-order valence-electron chi connectivity index (χ2n) is 4.96. The number of carbonyl (C=O) groups is 1. The fourth-order valence-electron chi connectivity index (χ4n) is 2.24. The molecule has 0 unspecified atom stereocenters. The van der Waals surface area contributed by atoms with E-state index in [0.29, 0.717) is 11.1 Å². The number of hydrogen-bond acceptors (Lipinski definition) is 2. The highest BCUT2D eigenvalue weighted by molar-refractivity contribution is 6.09. The van der Waals surface area contributed by atoms with E-state index >= 15 is 0 Å². The van der Waals surface area contributed by atoms with Gasteiger partial charge >= 0.3 is 0 Å². The number of hydrogen-bond donors (Lipinski definition) is 1. The number of ketones is 1. The Morgan fingerprint density at radius 2 is 1.09 bits per heavy atom. The number of halogens is 1. The van der Waals surface area contributed by atoms with E-state index in [4.69, 9.17) is 0 Å². The van der Waals surface area contributed by atoms with Crippen LogP contribution in [0.4, 0.5) is 4.39 Å². The summed E-state index contributed by atoms with van der Waals surface area (Å²) in [6.07, 6.45) is 0. The van der Waals surface area contributed by atoms with Gasteiger partial charge in [-0.1, -0.05) is 36.4 Å². The molecule has 0 aliphatic rings. The van der Waals surface area contributed by atoms with Crippen molar-refractivity contribution in [1.29, 1.82) is 0 Å². The van der Waals surface area contributed by atoms with Crippen LogP contribution in [0.2, 0.25) is 0 Å². The highest BCUT2D eigenvalue weighted by Crippen LogP contribution is 2.23. The lowest BCUT2D eigenvalue weighted by Crippen LogP contribution is -2.00. The molecule has 0 radical (unpaired) electrons. The second kappa shape index (κ2) is 5.82. The van der Waals surface area contributed by atoms with Gasteiger partial charge in [-0.05, 0) is 47.5 Å². The summed E-state index contributed by atoms with van der Waals surface area (Å²) in [5.74, 6) is -0.289. The lowest BCUT2D eigenvalue weighted by molar-refractivity contribution is 0.103. The van der Waals surface area contributed by atoms with E-state index in [1.165, 1.54) is 24.3 Å². The summed E-state index contributed by atoms with van der Waals surface area (Å²) in [7, 11) is 0. The van der Waals surface area contributed by atoms with Crippen molar-refractivity contribution in [3.8, 4) is 16.9 Å². The van der Waals surface area contributed by atoms with Crippen LogP contribution in [0.3, 0.4) is 0 Å². The Bertz CT molecular complexity index is 788. The van der Waals surface area contributed by atoms with Crippen molar-refractivity contribution in [2.75, 3.05) is 0 Å². The van der Waals surface area contributed by atoms with Gasteiger partial charge in [0.05, 0.1) is 0 Å². The van der Waals surface area contributed by atoms with Crippen LogP contribution >= 0.6 is 0 Å². The first-order valence-corrected chi connectivity index (χ1v) is 6.83. The van der Waals surface area contributed by atoms with Gasteiger partial charge in [-0.2, -0.15) is 0 Å². The molecule has 3 rings (SSSR count). The van der Waals surface area contributed by atoms with Crippen LogP contribution in [0.15, 0.2) is 72.8 Å². The lowest BCUT2D eigenvalue weighted by atomic mass is 9.99. The average molecular weight is 292 g/mol. The van der Waals surface area contributed by atoms with Gasteiger partial charge in [0.1, 0.15) is 11.6 Å². The van der Waals surface area contributed by atoms with Gasteiger partial charge in [-0.3, -0.25) is 4.79 Å². The number of benzene rings is 3. The summed E-state index contributed by atoms with van der Waals surface area (Å²) in [5, 5.41) is 9.29. The van der Waals surface area contributed by atoms with Crippen molar-refractivity contribution < 1.29 is 14.3 Å². The third kappa shape index (κ3) is 2.88. The van der Waals surface area contributed by atoms with Gasteiger partial charge in [0.15, 0.2) is 5.78 Å². The van der Waals surface area contributed by atoms with Gasteiger partial charge in [0.2, 0.25) is 0 Å². The van der Waals surface area contributed by atoms with Crippen LogP contribution in [-0.2, 0) is 0 Å². The Morgan fingerprint density at radius 3 is 1.59 bits per heavy atom. The molecule has 0 saturated carbocycles. The molecule has 3 aromatic rings. The van der Waals surface area contributed by atoms with Gasteiger partial charge in [0.25, 0.3) is 0 Å². The molecule has 22 heavy (non-hydrogen) atoms. The molecule has 0 aromatic heterocycles. The molecule has 0 spiro atoms. The molecule has 0 atom stereocenters. The molecular formula is C19H13FO2. The molecule has 0 aliphatic heterocycles. The third-order valence-corrected chi connectivity index (χ3v) is 3.45. The first-order chi connectivity index (χ1) is 10.6. The van der Waals surface area contributed by atoms with Crippen molar-refractivity contribution in [3.05, 3.63) is 89.7 Å². The number of phenolic OH excluding ortho intramolecular Hbond substituents is 1. The van der Waals surface area contributed by atoms with Crippen molar-refractivity contribution in [1.82, 2.24) is 0 Å². The van der Waals surface area contributed by atoms with Crippen LogP contribution in [0, 0.1) is 5.82 Å². The molecule has 0 heterocycles. The monoisotopic (exact) mass is 292 g/mol. The maximum atomic E-state index is 12.9. The molecule has 0 aliphatic carbocycles. The minimum Gasteiger partial charge on any atom is -0.508 e. The predicted molar refractivity (Wildman–Crippen MR) is 83.4 cm³/mol. The minimum absolute atomic E-state index is 0.141. The summed E-state index contributed by atoms with van der Waals surface area (Å²) in [6.45, 7) is 0. The summed E-state index contributed by atoms with van der Waals surface area (Å²) < 4.78 is 12.9. The smallest absolute Gasteiger partial charge is 0.193 e. The molecule has 3 aromatic carbocycles. The van der Waals surface area contributed by atoms with Crippen LogP contribution in [0.25, 0.3) is 11.1 Å². The van der Waals surface area contributed by atoms with Crippen LogP contribution in [0.5, 0.6) is 5.75 Å². The van der Waals surface area contributed by atoms with Crippen LogP contribution in [0.1, 0.15) is 15.9 Å². The number of phenols is 1. The molecule has 2 nitrogen and oxygen atoms in total. The maximum absolute atomic E-state index is 12.9. The van der Waals surface area contributed by atoms with Gasteiger partial charge in [-0.15, -0.1) is 0 Å². The third-order valence-electron chi connectivity index (χ3n) is 3.45. The van der Waals surface area contributed by atoms with E-state index in [1.807, 2.05) is 24.3 Å². The topological polar surface area (TPSA) is 37.3 Å². The summed E-state index contributed by atoms with van der Waals surface area (Å²) in [4.78, 5) is 12.3. The van der Waals surface area contributed by atoms with E-state index in [2.05, 4.69) is 0 Å². The maximum Gasteiger partial charge on any atom is 0.193 e. The highest BCUT2D eigenvalue weighted by atomic mass is 19.1. The van der Waals surface area contributed by atoms with Crippen molar-refractivity contribution in [2.45, 2.75) is 0 Å². The minimum atomic E-state index is -0.362. The Balaban J connectivity index is 1.86. The van der Waals surface area contributed by atoms with E-state index in [0.717, 1.165) is 11.1 Å². The van der Waals surface area contributed by atoms with Crippen LogP contribution in [-0.4, -0.2) is 10.9 Å². The first kappa shape index (κ1) is 14.0. The highest BCUT2D eigenvalue weighted by Gasteiger charge is 2.09.